The maximum Gasteiger partial charge on any atom is 0.0457 e. The highest BCUT2D eigenvalue weighted by molar-refractivity contribution is 5.84. The molecule has 0 aliphatic rings. The Hall–Kier alpha value is -2.52. The highest BCUT2D eigenvalue weighted by Crippen LogP contribution is 2.20. The van der Waals surface area contributed by atoms with Crippen LogP contribution in [-0.2, 0) is 13.0 Å². The van der Waals surface area contributed by atoms with Gasteiger partial charge in [-0.15, -0.1) is 0 Å². The van der Waals surface area contributed by atoms with Gasteiger partial charge < -0.3 is 15.3 Å². The zero-order valence-corrected chi connectivity index (χ0v) is 13.3. The van der Waals surface area contributed by atoms with E-state index >= 15 is 0 Å². The van der Waals surface area contributed by atoms with Crippen LogP contribution in [-0.4, -0.2) is 16.5 Å². The van der Waals surface area contributed by atoms with Crippen LogP contribution < -0.4 is 5.32 Å². The van der Waals surface area contributed by atoms with Crippen molar-refractivity contribution in [2.75, 3.05) is 6.54 Å². The normalized spacial score (nSPS) is 11.5. The molecule has 0 amide bonds. The standard InChI is InChI=1S/C20H21N3/c1-14-5-6-20-18(11-14)16(13-23-20)7-9-21-12-15-3-2-4-19-17(15)8-10-22-19/h2-6,8,10-11,13,21-23H,7,9,12H2,1H3. The minimum atomic E-state index is 0.899. The zero-order valence-electron chi connectivity index (χ0n) is 13.3. The SMILES string of the molecule is Cc1ccc2[nH]cc(CCNCc3cccc4[nH]ccc34)c2c1. The van der Waals surface area contributed by atoms with Crippen LogP contribution in [0.1, 0.15) is 16.7 Å². The number of fused-ring (bicyclic) bond motifs is 2. The van der Waals surface area contributed by atoms with Crippen molar-refractivity contribution < 1.29 is 0 Å². The topological polar surface area (TPSA) is 43.6 Å². The molecule has 3 N–H and O–H groups in total. The number of aromatic nitrogens is 2. The third kappa shape index (κ3) is 2.76. The molecule has 0 atom stereocenters. The van der Waals surface area contributed by atoms with Gasteiger partial charge in [-0.25, -0.2) is 0 Å². The molecule has 2 aromatic carbocycles. The molecule has 0 spiro atoms. The molecule has 0 unspecified atom stereocenters. The predicted molar refractivity (Wildman–Crippen MR) is 96.7 cm³/mol. The average Bonchev–Trinajstić information content (AvgIpc) is 3.18. The van der Waals surface area contributed by atoms with Crippen LogP contribution in [0, 0.1) is 6.92 Å². The maximum atomic E-state index is 3.57. The van der Waals surface area contributed by atoms with E-state index in [0.717, 1.165) is 19.5 Å². The summed E-state index contributed by atoms with van der Waals surface area (Å²) in [4.78, 5) is 6.63. The number of aryl methyl sites for hydroxylation is 1. The van der Waals surface area contributed by atoms with Crippen molar-refractivity contribution in [1.82, 2.24) is 15.3 Å². The van der Waals surface area contributed by atoms with E-state index in [2.05, 4.69) is 70.9 Å². The van der Waals surface area contributed by atoms with Crippen LogP contribution in [0.2, 0.25) is 0 Å². The van der Waals surface area contributed by atoms with E-state index in [1.54, 1.807) is 0 Å². The molecule has 0 aliphatic heterocycles. The van der Waals surface area contributed by atoms with E-state index in [1.165, 1.54) is 38.5 Å². The molecule has 0 saturated heterocycles. The summed E-state index contributed by atoms with van der Waals surface area (Å²) in [5.74, 6) is 0. The number of benzene rings is 2. The molecule has 0 fully saturated rings. The Morgan fingerprint density at radius 2 is 1.83 bits per heavy atom. The second-order valence-electron chi connectivity index (χ2n) is 6.15. The molecule has 4 aromatic rings. The summed E-state index contributed by atoms with van der Waals surface area (Å²) in [5.41, 5.74) is 6.47. The summed E-state index contributed by atoms with van der Waals surface area (Å²) in [5, 5.41) is 6.23. The Bertz CT molecular complexity index is 946. The number of rotatable bonds is 5. The van der Waals surface area contributed by atoms with E-state index in [9.17, 15) is 0 Å². The van der Waals surface area contributed by atoms with E-state index in [0.29, 0.717) is 0 Å². The Morgan fingerprint density at radius 1 is 0.913 bits per heavy atom. The van der Waals surface area contributed by atoms with Crippen LogP contribution in [0.4, 0.5) is 0 Å². The van der Waals surface area contributed by atoms with Gasteiger partial charge >= 0.3 is 0 Å². The van der Waals surface area contributed by atoms with Gasteiger partial charge in [-0.2, -0.15) is 0 Å². The quantitative estimate of drug-likeness (QED) is 0.473. The molecule has 0 radical (unpaired) electrons. The Morgan fingerprint density at radius 3 is 2.78 bits per heavy atom. The van der Waals surface area contributed by atoms with Gasteiger partial charge in [0, 0.05) is 40.7 Å². The first-order chi connectivity index (χ1) is 11.3. The minimum Gasteiger partial charge on any atom is -0.361 e. The molecule has 3 heteroatoms. The second-order valence-corrected chi connectivity index (χ2v) is 6.15. The number of hydrogen-bond donors (Lipinski definition) is 3. The molecular formula is C20H21N3. The predicted octanol–water partition coefficient (Wildman–Crippen LogP) is 4.29. The van der Waals surface area contributed by atoms with Gasteiger partial charge in [0.05, 0.1) is 0 Å². The fraction of sp³-hybridized carbons (Fsp3) is 0.200. The Balaban J connectivity index is 1.42. The molecule has 23 heavy (non-hydrogen) atoms. The highest BCUT2D eigenvalue weighted by atomic mass is 14.8. The molecule has 0 bridgehead atoms. The third-order valence-electron chi connectivity index (χ3n) is 4.49. The summed E-state index contributed by atoms with van der Waals surface area (Å²) >= 11 is 0. The first kappa shape index (κ1) is 14.1. The fourth-order valence-electron chi connectivity index (χ4n) is 3.25. The molecule has 0 saturated carbocycles. The summed E-state index contributed by atoms with van der Waals surface area (Å²) in [6.45, 7) is 4.02. The zero-order chi connectivity index (χ0) is 15.6. The van der Waals surface area contributed by atoms with Crippen molar-refractivity contribution in [3.63, 3.8) is 0 Å². The maximum absolute atomic E-state index is 3.57. The van der Waals surface area contributed by atoms with Crippen molar-refractivity contribution in [2.45, 2.75) is 19.9 Å². The lowest BCUT2D eigenvalue weighted by Gasteiger charge is -2.06. The van der Waals surface area contributed by atoms with E-state index in [-0.39, 0.29) is 0 Å². The molecule has 3 nitrogen and oxygen atoms in total. The lowest BCUT2D eigenvalue weighted by Crippen LogP contribution is -2.16. The minimum absolute atomic E-state index is 0.899. The second kappa shape index (κ2) is 5.94. The molecule has 4 rings (SSSR count). The van der Waals surface area contributed by atoms with Gasteiger partial charge in [-0.05, 0) is 55.3 Å². The average molecular weight is 303 g/mol. The monoisotopic (exact) mass is 303 g/mol. The van der Waals surface area contributed by atoms with Crippen molar-refractivity contribution in [2.24, 2.45) is 0 Å². The van der Waals surface area contributed by atoms with Crippen LogP contribution in [0.15, 0.2) is 54.9 Å². The summed E-state index contributed by atoms with van der Waals surface area (Å²) in [7, 11) is 0. The van der Waals surface area contributed by atoms with Crippen LogP contribution >= 0.6 is 0 Å². The van der Waals surface area contributed by atoms with Gasteiger partial charge in [0.15, 0.2) is 0 Å². The summed E-state index contributed by atoms with van der Waals surface area (Å²) < 4.78 is 0. The number of aromatic amines is 2. The number of H-pyrrole nitrogens is 2. The van der Waals surface area contributed by atoms with E-state index in [1.807, 2.05) is 6.20 Å². The number of hydrogen-bond acceptors (Lipinski definition) is 1. The summed E-state index contributed by atoms with van der Waals surface area (Å²) in [6, 6.07) is 15.1. The largest absolute Gasteiger partial charge is 0.361 e. The van der Waals surface area contributed by atoms with Gasteiger partial charge in [-0.3, -0.25) is 0 Å². The Labute approximate surface area is 135 Å². The molecular weight excluding hydrogens is 282 g/mol. The van der Waals surface area contributed by atoms with Crippen LogP contribution in [0.25, 0.3) is 21.8 Å². The lowest BCUT2D eigenvalue weighted by atomic mass is 10.1. The van der Waals surface area contributed by atoms with E-state index in [4.69, 9.17) is 0 Å². The van der Waals surface area contributed by atoms with Crippen molar-refractivity contribution in [3.8, 4) is 0 Å². The molecule has 116 valence electrons. The Kier molecular flexibility index (Phi) is 3.64. The van der Waals surface area contributed by atoms with Crippen molar-refractivity contribution in [1.29, 1.82) is 0 Å². The van der Waals surface area contributed by atoms with Gasteiger partial charge in [-0.1, -0.05) is 23.8 Å². The van der Waals surface area contributed by atoms with Crippen LogP contribution in [0.3, 0.4) is 0 Å². The first-order valence-corrected chi connectivity index (χ1v) is 8.13. The molecule has 0 aliphatic carbocycles. The molecule has 2 aromatic heterocycles. The van der Waals surface area contributed by atoms with Gasteiger partial charge in [0.1, 0.15) is 0 Å². The number of nitrogens with one attached hydrogen (secondary N) is 3. The first-order valence-electron chi connectivity index (χ1n) is 8.13. The van der Waals surface area contributed by atoms with Gasteiger partial charge in [0.2, 0.25) is 0 Å². The lowest BCUT2D eigenvalue weighted by molar-refractivity contribution is 0.691. The molecule has 2 heterocycles. The van der Waals surface area contributed by atoms with Crippen molar-refractivity contribution in [3.05, 3.63) is 71.5 Å². The van der Waals surface area contributed by atoms with Gasteiger partial charge in [0.25, 0.3) is 0 Å². The third-order valence-corrected chi connectivity index (χ3v) is 4.49. The fourth-order valence-corrected chi connectivity index (χ4v) is 3.25. The smallest absolute Gasteiger partial charge is 0.0457 e. The highest BCUT2D eigenvalue weighted by Gasteiger charge is 2.04. The van der Waals surface area contributed by atoms with Crippen LogP contribution in [0.5, 0.6) is 0 Å². The summed E-state index contributed by atoms with van der Waals surface area (Å²) in [6.07, 6.45) is 5.17. The van der Waals surface area contributed by atoms with Crippen molar-refractivity contribution >= 4 is 21.8 Å². The van der Waals surface area contributed by atoms with E-state index < -0.39 is 0 Å².